The number of ether oxygens (including phenoxy) is 1. The Labute approximate surface area is 207 Å². The van der Waals surface area contributed by atoms with E-state index in [9.17, 15) is 14.4 Å². The number of thiophene rings is 2. The average molecular weight is 497 g/mol. The maximum Gasteiger partial charge on any atom is 0.341 e. The van der Waals surface area contributed by atoms with Crippen LogP contribution in [0.4, 0.5) is 10.7 Å². The molecule has 4 rings (SSSR count). The Morgan fingerprint density at radius 1 is 1.09 bits per heavy atom. The van der Waals surface area contributed by atoms with Crippen LogP contribution in [0.1, 0.15) is 73.6 Å². The number of amides is 2. The van der Waals surface area contributed by atoms with E-state index in [4.69, 9.17) is 4.74 Å². The fourth-order valence-corrected chi connectivity index (χ4v) is 6.41. The summed E-state index contributed by atoms with van der Waals surface area (Å²) in [6, 6.07) is 9.10. The van der Waals surface area contributed by atoms with Gasteiger partial charge in [0.15, 0.2) is 0 Å². The highest BCUT2D eigenvalue weighted by atomic mass is 32.1. The van der Waals surface area contributed by atoms with Gasteiger partial charge in [0.2, 0.25) is 0 Å². The first kappa shape index (κ1) is 24.2. The van der Waals surface area contributed by atoms with Gasteiger partial charge in [-0.3, -0.25) is 9.59 Å². The van der Waals surface area contributed by atoms with Crippen LogP contribution in [-0.4, -0.2) is 23.9 Å². The van der Waals surface area contributed by atoms with Crippen LogP contribution < -0.4 is 10.6 Å². The molecule has 1 aromatic carbocycles. The molecule has 0 aliphatic heterocycles. The van der Waals surface area contributed by atoms with E-state index in [0.717, 1.165) is 36.2 Å². The first-order valence-electron chi connectivity index (χ1n) is 11.4. The molecule has 6 nitrogen and oxygen atoms in total. The monoisotopic (exact) mass is 496 g/mol. The van der Waals surface area contributed by atoms with E-state index in [1.54, 1.807) is 44.2 Å². The predicted molar refractivity (Wildman–Crippen MR) is 137 cm³/mol. The molecule has 1 atom stereocenters. The third kappa shape index (κ3) is 5.08. The van der Waals surface area contributed by atoms with Gasteiger partial charge in [-0.2, -0.15) is 0 Å². The number of carbonyl (C=O) groups is 3. The van der Waals surface area contributed by atoms with E-state index < -0.39 is 5.97 Å². The van der Waals surface area contributed by atoms with Crippen molar-refractivity contribution in [1.82, 2.24) is 0 Å². The average Bonchev–Trinajstić information content (AvgIpc) is 3.34. The number of esters is 1. The second-order valence-electron chi connectivity index (χ2n) is 8.89. The minimum Gasteiger partial charge on any atom is -0.459 e. The molecule has 0 spiro atoms. The van der Waals surface area contributed by atoms with Crippen LogP contribution in [0.2, 0.25) is 0 Å². The summed E-state index contributed by atoms with van der Waals surface area (Å²) >= 11 is 2.71. The molecule has 0 fully saturated rings. The van der Waals surface area contributed by atoms with Crippen molar-refractivity contribution < 1.29 is 19.1 Å². The van der Waals surface area contributed by atoms with Gasteiger partial charge in [0.1, 0.15) is 5.00 Å². The summed E-state index contributed by atoms with van der Waals surface area (Å²) in [4.78, 5) is 40.8. The number of nitrogens with one attached hydrogen (secondary N) is 2. The van der Waals surface area contributed by atoms with Crippen molar-refractivity contribution in [2.75, 3.05) is 10.6 Å². The number of benzene rings is 1. The lowest BCUT2D eigenvalue weighted by atomic mass is 9.88. The molecular weight excluding hydrogens is 468 g/mol. The number of carbonyl (C=O) groups excluding carboxylic acids is 3. The Hall–Kier alpha value is -2.97. The Bertz CT molecular complexity index is 1230. The molecule has 178 valence electrons. The Balaban J connectivity index is 1.65. The highest BCUT2D eigenvalue weighted by Crippen LogP contribution is 2.37. The topological polar surface area (TPSA) is 84.5 Å². The summed E-state index contributed by atoms with van der Waals surface area (Å²) in [6.45, 7) is 7.46. The van der Waals surface area contributed by atoms with E-state index >= 15 is 0 Å². The van der Waals surface area contributed by atoms with Crippen molar-refractivity contribution in [3.8, 4) is 0 Å². The molecule has 0 radical (unpaired) electrons. The molecule has 0 unspecified atom stereocenters. The van der Waals surface area contributed by atoms with Crippen molar-refractivity contribution in [3.63, 3.8) is 0 Å². The molecule has 0 bridgehead atoms. The van der Waals surface area contributed by atoms with Gasteiger partial charge in [-0.15, -0.1) is 22.7 Å². The van der Waals surface area contributed by atoms with Crippen LogP contribution in [0.25, 0.3) is 0 Å². The first-order chi connectivity index (χ1) is 16.2. The van der Waals surface area contributed by atoms with Gasteiger partial charge in [0, 0.05) is 15.9 Å². The van der Waals surface area contributed by atoms with Gasteiger partial charge in [-0.25, -0.2) is 4.79 Å². The first-order valence-corrected chi connectivity index (χ1v) is 13.1. The van der Waals surface area contributed by atoms with Crippen molar-refractivity contribution >= 4 is 51.1 Å². The zero-order valence-electron chi connectivity index (χ0n) is 19.7. The molecule has 0 saturated carbocycles. The van der Waals surface area contributed by atoms with Crippen LogP contribution in [0, 0.1) is 12.8 Å². The van der Waals surface area contributed by atoms with Gasteiger partial charge < -0.3 is 15.4 Å². The highest BCUT2D eigenvalue weighted by molar-refractivity contribution is 7.19. The van der Waals surface area contributed by atoms with Crippen LogP contribution in [-0.2, 0) is 17.6 Å². The van der Waals surface area contributed by atoms with Crippen molar-refractivity contribution in [1.29, 1.82) is 0 Å². The van der Waals surface area contributed by atoms with Gasteiger partial charge in [0.05, 0.1) is 22.1 Å². The van der Waals surface area contributed by atoms with Crippen molar-refractivity contribution in [2.45, 2.75) is 53.1 Å². The predicted octanol–water partition coefficient (Wildman–Crippen LogP) is 6.31. The Kier molecular flexibility index (Phi) is 7.19. The summed E-state index contributed by atoms with van der Waals surface area (Å²) in [5, 5.41) is 7.99. The molecule has 3 aromatic rings. The molecule has 34 heavy (non-hydrogen) atoms. The molecule has 1 aliphatic carbocycles. The van der Waals surface area contributed by atoms with E-state index in [2.05, 4.69) is 17.6 Å². The largest absolute Gasteiger partial charge is 0.459 e. The molecule has 2 heterocycles. The maximum absolute atomic E-state index is 13.3. The van der Waals surface area contributed by atoms with E-state index in [1.165, 1.54) is 4.88 Å². The Morgan fingerprint density at radius 2 is 1.82 bits per heavy atom. The second kappa shape index (κ2) is 10.1. The van der Waals surface area contributed by atoms with Crippen molar-refractivity contribution in [2.24, 2.45) is 5.92 Å². The summed E-state index contributed by atoms with van der Waals surface area (Å²) in [7, 11) is 0. The summed E-state index contributed by atoms with van der Waals surface area (Å²) < 4.78 is 5.43. The zero-order chi connectivity index (χ0) is 24.4. The van der Waals surface area contributed by atoms with Crippen molar-refractivity contribution in [3.05, 3.63) is 67.7 Å². The van der Waals surface area contributed by atoms with Crippen LogP contribution >= 0.6 is 22.7 Å². The van der Waals surface area contributed by atoms with E-state index in [0.29, 0.717) is 32.6 Å². The maximum atomic E-state index is 13.3. The van der Waals surface area contributed by atoms with Crippen LogP contribution in [0.3, 0.4) is 0 Å². The summed E-state index contributed by atoms with van der Waals surface area (Å²) in [5.74, 6) is -0.541. The Morgan fingerprint density at radius 3 is 2.53 bits per heavy atom. The van der Waals surface area contributed by atoms with Crippen LogP contribution in [0.5, 0.6) is 0 Å². The van der Waals surface area contributed by atoms with Gasteiger partial charge >= 0.3 is 5.97 Å². The molecule has 1 aliphatic rings. The fourth-order valence-electron chi connectivity index (χ4n) is 4.08. The minimum absolute atomic E-state index is 0.225. The fraction of sp³-hybridized carbons (Fsp3) is 0.346. The van der Waals surface area contributed by atoms with Gasteiger partial charge in [-0.1, -0.05) is 25.1 Å². The number of anilines is 2. The number of fused-ring (bicyclic) bond motifs is 1. The lowest BCUT2D eigenvalue weighted by Crippen LogP contribution is -2.18. The third-order valence-corrected chi connectivity index (χ3v) is 8.06. The van der Waals surface area contributed by atoms with Gasteiger partial charge in [0.25, 0.3) is 11.8 Å². The molecule has 2 N–H and O–H groups in total. The highest BCUT2D eigenvalue weighted by Gasteiger charge is 2.29. The smallest absolute Gasteiger partial charge is 0.341 e. The lowest BCUT2D eigenvalue weighted by molar-refractivity contribution is 0.0379. The molecule has 8 heteroatoms. The minimum atomic E-state index is -0.556. The van der Waals surface area contributed by atoms with Crippen LogP contribution in [0.15, 0.2) is 35.7 Å². The van der Waals surface area contributed by atoms with E-state index in [1.807, 2.05) is 23.6 Å². The second-order valence-corrected chi connectivity index (χ2v) is 10.9. The number of rotatable bonds is 6. The number of hydrogen-bond acceptors (Lipinski definition) is 6. The van der Waals surface area contributed by atoms with Gasteiger partial charge in [-0.05, 0) is 69.2 Å². The normalized spacial score (nSPS) is 15.0. The SMILES string of the molecule is Cc1c(C(=O)Nc2ccccc2)sc(NC(=O)c2csc3c2CC[C@H](C)C3)c1C(=O)OC(C)C. The summed E-state index contributed by atoms with van der Waals surface area (Å²) in [6.07, 6.45) is 2.58. The van der Waals surface area contributed by atoms with E-state index in [-0.39, 0.29) is 23.5 Å². The quantitative estimate of drug-likeness (QED) is 0.392. The summed E-state index contributed by atoms with van der Waals surface area (Å²) in [5.41, 5.74) is 3.11. The molecular formula is C26H28N2O4S2. The molecule has 2 aromatic heterocycles. The zero-order valence-corrected chi connectivity index (χ0v) is 21.3. The molecule has 0 saturated heterocycles. The lowest BCUT2D eigenvalue weighted by Gasteiger charge is -2.18. The standard InChI is InChI=1S/C26H28N2O4S2/c1-14(2)32-26(31)21-16(4)22(24(30)27-17-8-6-5-7-9-17)34-25(21)28-23(29)19-13-33-20-12-15(3)10-11-18(19)20/h5-9,13-15H,10-12H2,1-4H3,(H,27,30)(H,28,29)/t15-/m0/s1. The molecule has 2 amide bonds. The number of para-hydroxylation sites is 1. The number of hydrogen-bond donors (Lipinski definition) is 2. The third-order valence-electron chi connectivity index (χ3n) is 5.80.